The van der Waals surface area contributed by atoms with Gasteiger partial charge in [0.15, 0.2) is 23.7 Å². The van der Waals surface area contributed by atoms with Crippen LogP contribution in [0.25, 0.3) is 0 Å². The summed E-state index contributed by atoms with van der Waals surface area (Å²) in [6.07, 6.45) is -0.120. The molecule has 4 aliphatic rings. The van der Waals surface area contributed by atoms with Gasteiger partial charge in [0, 0.05) is 12.1 Å². The van der Waals surface area contributed by atoms with E-state index in [1.54, 1.807) is 6.08 Å². The normalized spacial score (nSPS) is 28.6. The number of hydrogen-bond donors (Lipinski definition) is 3. The molecule has 0 radical (unpaired) electrons. The maximum atomic E-state index is 13.1. The van der Waals surface area contributed by atoms with Crippen molar-refractivity contribution >= 4 is 23.9 Å². The van der Waals surface area contributed by atoms with Gasteiger partial charge in [-0.3, -0.25) is 9.59 Å². The van der Waals surface area contributed by atoms with Gasteiger partial charge in [0.05, 0.1) is 31.0 Å². The van der Waals surface area contributed by atoms with Crippen molar-refractivity contribution in [3.05, 3.63) is 35.1 Å². The third kappa shape index (κ3) is 4.29. The molecule has 0 unspecified atom stereocenters. The van der Waals surface area contributed by atoms with Crippen molar-refractivity contribution in [1.82, 2.24) is 0 Å². The van der Waals surface area contributed by atoms with Gasteiger partial charge in [0.2, 0.25) is 6.10 Å². The average Bonchev–Trinajstić information content (AvgIpc) is 3.25. The molecule has 1 spiro atoms. The summed E-state index contributed by atoms with van der Waals surface area (Å²) in [6.45, 7) is 1.07. The van der Waals surface area contributed by atoms with Gasteiger partial charge in [-0.15, -0.1) is 0 Å². The van der Waals surface area contributed by atoms with Crippen molar-refractivity contribution in [3.63, 3.8) is 0 Å². The number of esters is 3. The first-order chi connectivity index (χ1) is 19.0. The number of carbonyl (C=O) groups excluding carboxylic acids is 3. The molecule has 3 aliphatic carbocycles. The number of ether oxygens (including phenoxy) is 5. The van der Waals surface area contributed by atoms with E-state index < -0.39 is 59.6 Å². The molecule has 0 aromatic heterocycles. The number of carboxylic acids is 1. The van der Waals surface area contributed by atoms with Gasteiger partial charge in [0.1, 0.15) is 5.76 Å². The summed E-state index contributed by atoms with van der Waals surface area (Å²) in [5, 5.41) is 21.2. The van der Waals surface area contributed by atoms with Crippen LogP contribution >= 0.6 is 0 Å². The van der Waals surface area contributed by atoms with Crippen LogP contribution in [-0.4, -0.2) is 71.7 Å². The number of methoxy groups -OCH3 is 1. The smallest absolute Gasteiger partial charge is 0.348 e. The van der Waals surface area contributed by atoms with E-state index in [0.717, 1.165) is 30.9 Å². The quantitative estimate of drug-likeness (QED) is 0.276. The molecule has 1 fully saturated rings. The Morgan fingerprint density at radius 3 is 2.67 bits per heavy atom. The Morgan fingerprint density at radius 2 is 1.98 bits per heavy atom. The summed E-state index contributed by atoms with van der Waals surface area (Å²) in [5.74, 6) is -3.17. The monoisotopic (exact) mass is 559 g/mol. The Morgan fingerprint density at radius 1 is 1.20 bits per heavy atom. The Bertz CT molecular complexity index is 1270. The summed E-state index contributed by atoms with van der Waals surface area (Å²) in [4.78, 5) is 48.9. The molecule has 216 valence electrons. The fourth-order valence-electron chi connectivity index (χ4n) is 6.82. The third-order valence-corrected chi connectivity index (χ3v) is 8.58. The number of hydrogen-bond acceptors (Lipinski definition) is 11. The van der Waals surface area contributed by atoms with E-state index in [9.17, 15) is 24.3 Å². The lowest BCUT2D eigenvalue weighted by Crippen LogP contribution is -2.67. The van der Waals surface area contributed by atoms with Gasteiger partial charge in [-0.05, 0) is 56.2 Å². The lowest BCUT2D eigenvalue weighted by atomic mass is 9.47. The highest BCUT2D eigenvalue weighted by Crippen LogP contribution is 2.67. The van der Waals surface area contributed by atoms with Crippen LogP contribution in [0.4, 0.5) is 0 Å². The second-order valence-corrected chi connectivity index (χ2v) is 10.7. The maximum absolute atomic E-state index is 13.1. The predicted molar refractivity (Wildman–Crippen MR) is 135 cm³/mol. The molecule has 4 N–H and O–H groups in total. The molecule has 5 rings (SSSR count). The number of nitrogens with two attached hydrogens (primary N) is 1. The topological polar surface area (TPSA) is 181 Å². The van der Waals surface area contributed by atoms with E-state index in [1.807, 2.05) is 12.1 Å². The van der Waals surface area contributed by atoms with Gasteiger partial charge < -0.3 is 39.6 Å². The lowest BCUT2D eigenvalue weighted by molar-refractivity contribution is -0.179. The van der Waals surface area contributed by atoms with E-state index in [-0.39, 0.29) is 31.1 Å². The number of benzene rings is 1. The zero-order chi connectivity index (χ0) is 28.8. The van der Waals surface area contributed by atoms with Gasteiger partial charge in [-0.1, -0.05) is 12.5 Å². The minimum Gasteiger partial charge on any atom is -0.493 e. The highest BCUT2D eigenvalue weighted by atomic mass is 16.6. The lowest BCUT2D eigenvalue weighted by Gasteiger charge is -2.59. The third-order valence-electron chi connectivity index (χ3n) is 8.58. The summed E-state index contributed by atoms with van der Waals surface area (Å²) >= 11 is 0. The second kappa shape index (κ2) is 10.4. The zero-order valence-electron chi connectivity index (χ0n) is 22.3. The molecule has 6 atom stereocenters. The molecule has 1 heterocycles. The molecule has 40 heavy (non-hydrogen) atoms. The van der Waals surface area contributed by atoms with Crippen LogP contribution in [0.15, 0.2) is 24.0 Å². The summed E-state index contributed by atoms with van der Waals surface area (Å²) < 4.78 is 27.6. The maximum Gasteiger partial charge on any atom is 0.348 e. The zero-order valence-corrected chi connectivity index (χ0v) is 22.3. The molecule has 0 saturated heterocycles. The van der Waals surface area contributed by atoms with E-state index in [4.69, 9.17) is 34.5 Å². The first kappa shape index (κ1) is 27.9. The summed E-state index contributed by atoms with van der Waals surface area (Å²) in [7, 11) is 1.53. The first-order valence-corrected chi connectivity index (χ1v) is 13.4. The van der Waals surface area contributed by atoms with E-state index in [0.29, 0.717) is 24.3 Å². The Kier molecular flexibility index (Phi) is 7.26. The number of carboxylic acid groups (broad SMARTS) is 1. The van der Waals surface area contributed by atoms with E-state index >= 15 is 0 Å². The number of rotatable bonds is 10. The van der Waals surface area contributed by atoms with Crippen LogP contribution in [0, 0.1) is 5.92 Å². The fraction of sp³-hybridized carbons (Fsp3) is 0.571. The van der Waals surface area contributed by atoms with Crippen LogP contribution in [0.2, 0.25) is 0 Å². The Balaban J connectivity index is 1.41. The van der Waals surface area contributed by atoms with Crippen LogP contribution in [0.1, 0.15) is 56.6 Å². The van der Waals surface area contributed by atoms with Gasteiger partial charge in [0.25, 0.3) is 0 Å². The molecular formula is C28H33NO11. The van der Waals surface area contributed by atoms with Crippen molar-refractivity contribution in [3.8, 4) is 11.5 Å². The highest BCUT2D eigenvalue weighted by Gasteiger charge is 2.71. The molecule has 12 nitrogen and oxygen atoms in total. The molecule has 2 bridgehead atoms. The fourth-order valence-corrected chi connectivity index (χ4v) is 6.82. The van der Waals surface area contributed by atoms with Crippen molar-refractivity contribution in [2.45, 2.75) is 81.2 Å². The molecular weight excluding hydrogens is 526 g/mol. The Hall–Kier alpha value is -3.64. The van der Waals surface area contributed by atoms with Crippen LogP contribution in [-0.2, 0) is 45.2 Å². The van der Waals surface area contributed by atoms with Crippen LogP contribution in [0.5, 0.6) is 11.5 Å². The highest BCUT2D eigenvalue weighted by molar-refractivity contribution is 5.86. The van der Waals surface area contributed by atoms with Crippen molar-refractivity contribution in [2.75, 3.05) is 13.7 Å². The Labute approximate surface area is 230 Å². The minimum atomic E-state index is -1.74. The van der Waals surface area contributed by atoms with E-state index in [1.165, 1.54) is 7.11 Å². The molecule has 1 saturated carbocycles. The predicted octanol–water partition coefficient (Wildman–Crippen LogP) is 1.28. The SMILES string of the molecule is COc1ccc2c3c1O[C@@H]1C(OC(=O)C[C@H](OC(=O)CCN)C(=O)O[C@@H](C)C(=O)O)=CC[C@]4(O)[C@@H](CCC[C@@]314)C2. The minimum absolute atomic E-state index is 0.00466. The average molecular weight is 560 g/mol. The number of aliphatic carboxylic acids is 1. The molecule has 1 aromatic rings. The second-order valence-electron chi connectivity index (χ2n) is 10.7. The standard InChI is InChI=1S/C28H33NO11/c1-14(25(32)33)37-26(34)19(39-20(30)8-11-29)13-21(31)38-18-7-10-28(35)16-4-3-9-27(28)22-15(12-16)5-6-17(36-2)23(22)40-24(18)27/h5-7,14,16,19,24,35H,3-4,8-13,29H2,1-2H3,(H,32,33)/t14-,16-,19-,24+,27+,28-/m0/s1. The number of carbonyl (C=O) groups is 4. The van der Waals surface area contributed by atoms with Gasteiger partial charge in [-0.2, -0.15) is 0 Å². The van der Waals surface area contributed by atoms with Crippen molar-refractivity contribution in [1.29, 1.82) is 0 Å². The number of aliphatic hydroxyl groups is 1. The van der Waals surface area contributed by atoms with Crippen LogP contribution < -0.4 is 15.2 Å². The van der Waals surface area contributed by atoms with E-state index in [2.05, 4.69) is 0 Å². The van der Waals surface area contributed by atoms with Crippen LogP contribution in [0.3, 0.4) is 0 Å². The van der Waals surface area contributed by atoms with Crippen molar-refractivity contribution < 1.29 is 53.1 Å². The largest absolute Gasteiger partial charge is 0.493 e. The van der Waals surface area contributed by atoms with Gasteiger partial charge >= 0.3 is 23.9 Å². The first-order valence-electron chi connectivity index (χ1n) is 13.4. The molecule has 0 amide bonds. The molecule has 1 aromatic carbocycles. The van der Waals surface area contributed by atoms with Crippen molar-refractivity contribution in [2.24, 2.45) is 11.7 Å². The molecule has 1 aliphatic heterocycles. The van der Waals surface area contributed by atoms with Gasteiger partial charge in [-0.25, -0.2) is 9.59 Å². The summed E-state index contributed by atoms with van der Waals surface area (Å²) in [5.41, 5.74) is 5.38. The summed E-state index contributed by atoms with van der Waals surface area (Å²) in [6, 6.07) is 3.83. The molecule has 12 heteroatoms.